The molecule has 0 radical (unpaired) electrons. The first-order valence-corrected chi connectivity index (χ1v) is 9.06. The third-order valence-corrected chi connectivity index (χ3v) is 4.99. The number of nitrogens with zero attached hydrogens (tertiary/aromatic N) is 2. The Labute approximate surface area is 158 Å². The van der Waals surface area contributed by atoms with E-state index in [1.807, 2.05) is 13.0 Å². The standard InChI is InChI=1S/C18H15ClN2O4S/c1-11-3-2-4-16-20-12(9-17(23)21(11)16)10-25-18(24)8-5-13(22)14-6-7-15(19)26-14/h2-4,6-7,9H,5,8,10H2,1H3. The minimum Gasteiger partial charge on any atom is -0.459 e. The van der Waals surface area contributed by atoms with Gasteiger partial charge in [0.2, 0.25) is 0 Å². The fourth-order valence-electron chi connectivity index (χ4n) is 2.47. The van der Waals surface area contributed by atoms with Gasteiger partial charge in [-0.3, -0.25) is 18.8 Å². The Balaban J connectivity index is 1.58. The van der Waals surface area contributed by atoms with E-state index in [1.54, 1.807) is 24.3 Å². The molecule has 3 aromatic heterocycles. The van der Waals surface area contributed by atoms with Crippen LogP contribution in [-0.4, -0.2) is 21.1 Å². The summed E-state index contributed by atoms with van der Waals surface area (Å²) in [6.07, 6.45) is 0.00268. The molecule has 6 nitrogen and oxygen atoms in total. The number of fused-ring (bicyclic) bond motifs is 1. The number of ketones is 1. The van der Waals surface area contributed by atoms with E-state index in [-0.39, 0.29) is 30.8 Å². The van der Waals surface area contributed by atoms with Gasteiger partial charge in [-0.05, 0) is 31.2 Å². The van der Waals surface area contributed by atoms with Crippen LogP contribution in [0, 0.1) is 6.92 Å². The van der Waals surface area contributed by atoms with Crippen molar-refractivity contribution in [3.63, 3.8) is 0 Å². The van der Waals surface area contributed by atoms with Crippen molar-refractivity contribution in [1.82, 2.24) is 9.38 Å². The predicted molar refractivity (Wildman–Crippen MR) is 98.9 cm³/mol. The first-order chi connectivity index (χ1) is 12.4. The number of carbonyl (C=O) groups excluding carboxylic acids is 2. The number of aromatic nitrogens is 2. The third-order valence-electron chi connectivity index (χ3n) is 3.72. The monoisotopic (exact) mass is 390 g/mol. The molecule has 134 valence electrons. The van der Waals surface area contributed by atoms with Crippen molar-refractivity contribution in [2.24, 2.45) is 0 Å². The van der Waals surface area contributed by atoms with Gasteiger partial charge in [-0.25, -0.2) is 4.98 Å². The molecule has 3 rings (SSSR count). The highest BCUT2D eigenvalue weighted by atomic mass is 35.5. The summed E-state index contributed by atoms with van der Waals surface area (Å²) >= 11 is 6.97. The smallest absolute Gasteiger partial charge is 0.306 e. The van der Waals surface area contributed by atoms with Crippen LogP contribution >= 0.6 is 22.9 Å². The number of halogens is 1. The van der Waals surface area contributed by atoms with E-state index in [4.69, 9.17) is 16.3 Å². The molecule has 0 aliphatic heterocycles. The number of ether oxygens (including phenoxy) is 1. The largest absolute Gasteiger partial charge is 0.459 e. The Morgan fingerprint density at radius 3 is 2.77 bits per heavy atom. The van der Waals surface area contributed by atoms with Gasteiger partial charge in [0.1, 0.15) is 12.3 Å². The van der Waals surface area contributed by atoms with Crippen molar-refractivity contribution in [2.45, 2.75) is 26.4 Å². The Morgan fingerprint density at radius 1 is 1.23 bits per heavy atom. The zero-order chi connectivity index (χ0) is 18.7. The van der Waals surface area contributed by atoms with Gasteiger partial charge >= 0.3 is 5.97 Å². The van der Waals surface area contributed by atoms with E-state index in [2.05, 4.69) is 4.98 Å². The van der Waals surface area contributed by atoms with E-state index in [0.717, 1.165) is 5.69 Å². The molecule has 0 saturated heterocycles. The first kappa shape index (κ1) is 18.3. The van der Waals surface area contributed by atoms with E-state index in [0.29, 0.717) is 20.6 Å². The minimum absolute atomic E-state index is 0.0416. The number of hydrogen-bond donors (Lipinski definition) is 0. The third kappa shape index (κ3) is 4.17. The molecule has 0 atom stereocenters. The first-order valence-electron chi connectivity index (χ1n) is 7.86. The summed E-state index contributed by atoms with van der Waals surface area (Å²) in [5, 5.41) is 0. The van der Waals surface area contributed by atoms with Crippen LogP contribution in [0.25, 0.3) is 5.65 Å². The molecule has 3 aromatic rings. The Kier molecular flexibility index (Phi) is 5.49. The number of aryl methyl sites for hydroxylation is 1. The van der Waals surface area contributed by atoms with Crippen LogP contribution in [0.3, 0.4) is 0 Å². The number of pyridine rings is 1. The molecule has 0 aromatic carbocycles. The highest BCUT2D eigenvalue weighted by molar-refractivity contribution is 7.18. The van der Waals surface area contributed by atoms with E-state index < -0.39 is 5.97 Å². The maximum absolute atomic E-state index is 12.2. The molecule has 8 heteroatoms. The highest BCUT2D eigenvalue weighted by Crippen LogP contribution is 2.23. The van der Waals surface area contributed by atoms with Crippen LogP contribution in [0.5, 0.6) is 0 Å². The lowest BCUT2D eigenvalue weighted by molar-refractivity contribution is -0.145. The maximum Gasteiger partial charge on any atom is 0.306 e. The lowest BCUT2D eigenvalue weighted by Crippen LogP contribution is -2.18. The average Bonchev–Trinajstić information content (AvgIpc) is 3.04. The second-order valence-corrected chi connectivity index (χ2v) is 7.35. The average molecular weight is 391 g/mol. The van der Waals surface area contributed by atoms with Gasteiger partial charge in [0.05, 0.1) is 21.3 Å². The van der Waals surface area contributed by atoms with Gasteiger partial charge in [0, 0.05) is 18.2 Å². The zero-order valence-corrected chi connectivity index (χ0v) is 15.5. The van der Waals surface area contributed by atoms with E-state index in [9.17, 15) is 14.4 Å². The lowest BCUT2D eigenvalue weighted by atomic mass is 10.2. The Bertz CT molecular complexity index is 1040. The molecule has 0 N–H and O–H groups in total. The van der Waals surface area contributed by atoms with E-state index in [1.165, 1.54) is 21.8 Å². The molecule has 0 fully saturated rings. The van der Waals surface area contributed by atoms with Crippen molar-refractivity contribution < 1.29 is 14.3 Å². The summed E-state index contributed by atoms with van der Waals surface area (Å²) in [5.74, 6) is -0.677. The fourth-order valence-corrected chi connectivity index (χ4v) is 3.48. The summed E-state index contributed by atoms with van der Waals surface area (Å²) in [6.45, 7) is 1.70. The van der Waals surface area contributed by atoms with Crippen LogP contribution in [-0.2, 0) is 16.1 Å². The second kappa shape index (κ2) is 7.80. The summed E-state index contributed by atoms with van der Waals surface area (Å²) in [4.78, 5) is 40.8. The summed E-state index contributed by atoms with van der Waals surface area (Å²) in [6, 6.07) is 9.94. The molecule has 0 saturated carbocycles. The highest BCUT2D eigenvalue weighted by Gasteiger charge is 2.13. The zero-order valence-electron chi connectivity index (χ0n) is 13.9. The van der Waals surface area contributed by atoms with Gasteiger partial charge < -0.3 is 4.74 Å². The minimum atomic E-state index is -0.521. The van der Waals surface area contributed by atoms with Crippen LogP contribution in [0.4, 0.5) is 0 Å². The van der Waals surface area contributed by atoms with Crippen molar-refractivity contribution in [3.8, 4) is 0 Å². The fraction of sp³-hybridized carbons (Fsp3) is 0.222. The van der Waals surface area contributed by atoms with Crippen molar-refractivity contribution >= 4 is 40.3 Å². The van der Waals surface area contributed by atoms with Crippen molar-refractivity contribution in [1.29, 1.82) is 0 Å². The molecule has 0 aliphatic rings. The van der Waals surface area contributed by atoms with Gasteiger partial charge in [0.15, 0.2) is 5.78 Å². The number of rotatable bonds is 6. The molecule has 0 spiro atoms. The van der Waals surface area contributed by atoms with Crippen LogP contribution in [0.1, 0.15) is 33.9 Å². The molecular weight excluding hydrogens is 376 g/mol. The predicted octanol–water partition coefficient (Wildman–Crippen LogP) is 3.42. The van der Waals surface area contributed by atoms with Gasteiger partial charge in [-0.2, -0.15) is 0 Å². The quantitative estimate of drug-likeness (QED) is 0.476. The maximum atomic E-state index is 12.2. The van der Waals surface area contributed by atoms with Gasteiger partial charge in [-0.1, -0.05) is 17.7 Å². The van der Waals surface area contributed by atoms with E-state index >= 15 is 0 Å². The topological polar surface area (TPSA) is 77.7 Å². The molecule has 3 heterocycles. The van der Waals surface area contributed by atoms with Crippen LogP contribution in [0.2, 0.25) is 4.34 Å². The SMILES string of the molecule is Cc1cccc2nc(COC(=O)CCC(=O)c3ccc(Cl)s3)cc(=O)n12. The number of carbonyl (C=O) groups is 2. The molecule has 26 heavy (non-hydrogen) atoms. The Morgan fingerprint density at radius 2 is 2.04 bits per heavy atom. The number of thiophene rings is 1. The second-order valence-electron chi connectivity index (χ2n) is 5.63. The summed E-state index contributed by atoms with van der Waals surface area (Å²) in [5.41, 5.74) is 1.40. The Hall–Kier alpha value is -2.51. The van der Waals surface area contributed by atoms with Crippen LogP contribution < -0.4 is 5.56 Å². The molecule has 0 unspecified atom stereocenters. The number of hydrogen-bond acceptors (Lipinski definition) is 6. The normalized spacial score (nSPS) is 10.8. The number of esters is 1. The van der Waals surface area contributed by atoms with Crippen LogP contribution in [0.15, 0.2) is 41.2 Å². The van der Waals surface area contributed by atoms with Crippen molar-refractivity contribution in [3.05, 3.63) is 67.4 Å². The number of Topliss-reactive ketones (excluding diaryl/α,β-unsaturated/α-hetero) is 1. The molecular formula is C18H15ClN2O4S. The van der Waals surface area contributed by atoms with Gasteiger partial charge in [0.25, 0.3) is 5.56 Å². The lowest BCUT2D eigenvalue weighted by Gasteiger charge is -2.07. The summed E-state index contributed by atoms with van der Waals surface area (Å²) in [7, 11) is 0. The molecule has 0 aliphatic carbocycles. The van der Waals surface area contributed by atoms with Gasteiger partial charge in [-0.15, -0.1) is 11.3 Å². The molecule has 0 amide bonds. The molecule has 0 bridgehead atoms. The van der Waals surface area contributed by atoms with Crippen molar-refractivity contribution in [2.75, 3.05) is 0 Å². The summed E-state index contributed by atoms with van der Waals surface area (Å²) < 4.78 is 7.14.